The Bertz CT molecular complexity index is 1790. The molecule has 0 fully saturated rings. The Morgan fingerprint density at radius 2 is 1.58 bits per heavy atom. The Morgan fingerprint density at radius 1 is 0.889 bits per heavy atom. The van der Waals surface area contributed by atoms with E-state index in [0.29, 0.717) is 34.0 Å². The minimum atomic E-state index is -1.17. The summed E-state index contributed by atoms with van der Waals surface area (Å²) in [7, 11) is 0. The standard InChI is InChI=1S/C35H30FN3O6/c1-21(2)23-9-11-24(12-10-23)32(34(42)37-26-15-16-29-30(17-26)45-20-44-29)39(18-22-7-13-25(36)14-8-22)31(40)19-38-28-6-4-3-5-27(28)33(41)35(38)43/h3-17,21,32H,18-20H2,1-2H3,(H,37,42)/t32-/m0/s1. The van der Waals surface area contributed by atoms with E-state index in [2.05, 4.69) is 19.2 Å². The summed E-state index contributed by atoms with van der Waals surface area (Å²) in [5, 5.41) is 2.90. The first-order valence-electron chi connectivity index (χ1n) is 14.5. The number of carbonyl (C=O) groups is 4. The van der Waals surface area contributed by atoms with Crippen LogP contribution in [0, 0.1) is 5.82 Å². The summed E-state index contributed by atoms with van der Waals surface area (Å²) in [6, 6.07) is 23.3. The van der Waals surface area contributed by atoms with Crippen molar-refractivity contribution in [1.29, 1.82) is 0 Å². The molecule has 0 radical (unpaired) electrons. The molecule has 0 spiro atoms. The molecule has 0 saturated heterocycles. The van der Waals surface area contributed by atoms with Gasteiger partial charge < -0.3 is 19.7 Å². The van der Waals surface area contributed by atoms with Gasteiger partial charge in [0.2, 0.25) is 12.7 Å². The highest BCUT2D eigenvalue weighted by molar-refractivity contribution is 6.52. The number of ether oxygens (including phenoxy) is 2. The van der Waals surface area contributed by atoms with E-state index in [1.54, 1.807) is 48.5 Å². The van der Waals surface area contributed by atoms with Crippen LogP contribution in [0.4, 0.5) is 15.8 Å². The minimum absolute atomic E-state index is 0.0678. The monoisotopic (exact) mass is 607 g/mol. The quantitative estimate of drug-likeness (QED) is 0.248. The molecular weight excluding hydrogens is 577 g/mol. The van der Waals surface area contributed by atoms with Crippen LogP contribution in [0.5, 0.6) is 11.5 Å². The predicted octanol–water partition coefficient (Wildman–Crippen LogP) is 5.62. The van der Waals surface area contributed by atoms with E-state index >= 15 is 0 Å². The van der Waals surface area contributed by atoms with Gasteiger partial charge >= 0.3 is 0 Å². The lowest BCUT2D eigenvalue weighted by Gasteiger charge is -2.33. The predicted molar refractivity (Wildman–Crippen MR) is 165 cm³/mol. The number of halogens is 1. The van der Waals surface area contributed by atoms with Crippen LogP contribution in [0.15, 0.2) is 91.0 Å². The van der Waals surface area contributed by atoms with E-state index in [0.717, 1.165) is 10.5 Å². The maximum absolute atomic E-state index is 14.3. The number of Topliss-reactive ketones (excluding diaryl/α,β-unsaturated/α-hetero) is 1. The Hall–Kier alpha value is -5.51. The lowest BCUT2D eigenvalue weighted by atomic mass is 9.97. The van der Waals surface area contributed by atoms with Gasteiger partial charge in [-0.1, -0.05) is 62.4 Å². The van der Waals surface area contributed by atoms with E-state index < -0.39 is 41.9 Å². The maximum Gasteiger partial charge on any atom is 0.299 e. The highest BCUT2D eigenvalue weighted by Crippen LogP contribution is 2.35. The smallest absolute Gasteiger partial charge is 0.299 e. The van der Waals surface area contributed by atoms with Crippen molar-refractivity contribution in [1.82, 2.24) is 4.90 Å². The van der Waals surface area contributed by atoms with Gasteiger partial charge in [-0.05, 0) is 59.0 Å². The number of ketones is 1. The number of para-hydroxylation sites is 1. The van der Waals surface area contributed by atoms with Crippen molar-refractivity contribution in [2.24, 2.45) is 0 Å². The Labute approximate surface area is 259 Å². The number of benzene rings is 4. The summed E-state index contributed by atoms with van der Waals surface area (Å²) in [4.78, 5) is 56.6. The molecule has 10 heteroatoms. The first kappa shape index (κ1) is 29.6. The molecule has 0 bridgehead atoms. The lowest BCUT2D eigenvalue weighted by molar-refractivity contribution is -0.139. The molecule has 6 rings (SSSR count). The Kier molecular flexibility index (Phi) is 8.04. The average molecular weight is 608 g/mol. The second-order valence-electron chi connectivity index (χ2n) is 11.2. The number of anilines is 2. The summed E-state index contributed by atoms with van der Waals surface area (Å²) in [6.45, 7) is 3.60. The minimum Gasteiger partial charge on any atom is -0.454 e. The maximum atomic E-state index is 14.3. The molecule has 4 aromatic rings. The fraction of sp³-hybridized carbons (Fsp3) is 0.200. The molecule has 1 N–H and O–H groups in total. The third-order valence-corrected chi connectivity index (χ3v) is 7.88. The van der Waals surface area contributed by atoms with Gasteiger partial charge in [0.1, 0.15) is 18.4 Å². The third-order valence-electron chi connectivity index (χ3n) is 7.88. The molecule has 3 amide bonds. The van der Waals surface area contributed by atoms with Crippen molar-refractivity contribution in [3.63, 3.8) is 0 Å². The molecule has 2 aliphatic heterocycles. The van der Waals surface area contributed by atoms with Crippen LogP contribution < -0.4 is 19.7 Å². The second-order valence-corrected chi connectivity index (χ2v) is 11.2. The fourth-order valence-electron chi connectivity index (χ4n) is 5.46. The van der Waals surface area contributed by atoms with Crippen molar-refractivity contribution >= 4 is 34.9 Å². The molecule has 0 aromatic heterocycles. The number of fused-ring (bicyclic) bond motifs is 2. The summed E-state index contributed by atoms with van der Waals surface area (Å²) in [5.74, 6) is -1.83. The summed E-state index contributed by atoms with van der Waals surface area (Å²) >= 11 is 0. The van der Waals surface area contributed by atoms with Crippen LogP contribution in [-0.2, 0) is 20.9 Å². The van der Waals surface area contributed by atoms with Crippen LogP contribution in [0.1, 0.15) is 52.9 Å². The number of nitrogens with one attached hydrogen (secondary N) is 1. The van der Waals surface area contributed by atoms with Crippen LogP contribution in [-0.4, -0.2) is 41.7 Å². The summed E-state index contributed by atoms with van der Waals surface area (Å²) in [6.07, 6.45) is 0. The third kappa shape index (κ3) is 5.99. The van der Waals surface area contributed by atoms with Gasteiger partial charge in [0.05, 0.1) is 11.3 Å². The molecule has 228 valence electrons. The number of amides is 3. The van der Waals surface area contributed by atoms with Crippen molar-refractivity contribution in [3.8, 4) is 11.5 Å². The first-order valence-corrected chi connectivity index (χ1v) is 14.5. The van der Waals surface area contributed by atoms with E-state index in [-0.39, 0.29) is 24.8 Å². The zero-order valence-corrected chi connectivity index (χ0v) is 24.7. The highest BCUT2D eigenvalue weighted by Gasteiger charge is 2.39. The van der Waals surface area contributed by atoms with Gasteiger partial charge in [0, 0.05) is 18.3 Å². The molecule has 0 saturated carbocycles. The normalized spacial score (nSPS) is 14.0. The molecule has 2 aliphatic rings. The zero-order valence-electron chi connectivity index (χ0n) is 24.7. The lowest BCUT2D eigenvalue weighted by Crippen LogP contribution is -2.46. The second kappa shape index (κ2) is 12.2. The van der Waals surface area contributed by atoms with Gasteiger partial charge in [-0.15, -0.1) is 0 Å². The fourth-order valence-corrected chi connectivity index (χ4v) is 5.46. The molecule has 4 aromatic carbocycles. The van der Waals surface area contributed by atoms with Gasteiger partial charge in [-0.2, -0.15) is 0 Å². The van der Waals surface area contributed by atoms with E-state index in [9.17, 15) is 23.6 Å². The topological polar surface area (TPSA) is 105 Å². The highest BCUT2D eigenvalue weighted by atomic mass is 19.1. The van der Waals surface area contributed by atoms with Crippen LogP contribution >= 0.6 is 0 Å². The van der Waals surface area contributed by atoms with Crippen molar-refractivity contribution in [2.45, 2.75) is 32.4 Å². The Balaban J connectivity index is 1.39. The van der Waals surface area contributed by atoms with Crippen LogP contribution in [0.3, 0.4) is 0 Å². The number of hydrogen-bond donors (Lipinski definition) is 1. The molecule has 0 unspecified atom stereocenters. The molecule has 9 nitrogen and oxygen atoms in total. The number of rotatable bonds is 9. The van der Waals surface area contributed by atoms with Gasteiger partial charge in [-0.3, -0.25) is 24.1 Å². The molecule has 0 aliphatic carbocycles. The van der Waals surface area contributed by atoms with Gasteiger partial charge in [-0.25, -0.2) is 4.39 Å². The van der Waals surface area contributed by atoms with Crippen molar-refractivity contribution < 1.29 is 33.0 Å². The van der Waals surface area contributed by atoms with Crippen LogP contribution in [0.2, 0.25) is 0 Å². The Morgan fingerprint density at radius 3 is 2.31 bits per heavy atom. The van der Waals surface area contributed by atoms with Gasteiger partial charge in [0.25, 0.3) is 17.6 Å². The van der Waals surface area contributed by atoms with E-state index in [1.165, 1.54) is 35.2 Å². The molecular formula is C35H30FN3O6. The van der Waals surface area contributed by atoms with E-state index in [1.807, 2.05) is 12.1 Å². The number of hydrogen-bond acceptors (Lipinski definition) is 6. The number of nitrogens with zero attached hydrogens (tertiary/aromatic N) is 2. The average Bonchev–Trinajstić information content (AvgIpc) is 3.60. The largest absolute Gasteiger partial charge is 0.454 e. The number of carbonyl (C=O) groups excluding carboxylic acids is 4. The zero-order chi connectivity index (χ0) is 31.7. The molecule has 2 heterocycles. The van der Waals surface area contributed by atoms with Crippen molar-refractivity contribution in [2.75, 3.05) is 23.6 Å². The van der Waals surface area contributed by atoms with Gasteiger partial charge in [0.15, 0.2) is 11.5 Å². The molecule has 45 heavy (non-hydrogen) atoms. The summed E-state index contributed by atoms with van der Waals surface area (Å²) in [5.41, 5.74) is 3.09. The van der Waals surface area contributed by atoms with E-state index in [4.69, 9.17) is 9.47 Å². The molecule has 1 atom stereocenters. The van der Waals surface area contributed by atoms with Crippen LogP contribution in [0.25, 0.3) is 0 Å². The SMILES string of the molecule is CC(C)c1ccc([C@@H](C(=O)Nc2ccc3c(c2)OCO3)N(Cc2ccc(F)cc2)C(=O)CN2C(=O)C(=O)c3ccccc32)cc1. The first-order chi connectivity index (χ1) is 21.7. The van der Waals surface area contributed by atoms with Crippen molar-refractivity contribution in [3.05, 3.63) is 119 Å². The summed E-state index contributed by atoms with van der Waals surface area (Å²) < 4.78 is 24.7.